The molecule has 13 heteroatoms. The predicted octanol–water partition coefficient (Wildman–Crippen LogP) is 2.65. The van der Waals surface area contributed by atoms with Crippen molar-refractivity contribution in [2.24, 2.45) is 0 Å². The van der Waals surface area contributed by atoms with Crippen LogP contribution < -0.4 is 9.47 Å². The van der Waals surface area contributed by atoms with Crippen molar-refractivity contribution in [3.8, 4) is 11.5 Å². The molecule has 0 radical (unpaired) electrons. The van der Waals surface area contributed by atoms with Crippen LogP contribution in [0.5, 0.6) is 11.5 Å². The lowest BCUT2D eigenvalue weighted by Crippen LogP contribution is -2.18. The molecule has 0 bridgehead atoms. The molecule has 3 aromatic carbocycles. The van der Waals surface area contributed by atoms with Crippen molar-refractivity contribution >= 4 is 41.5 Å². The number of hydrogen-bond donors (Lipinski definition) is 0. The van der Waals surface area contributed by atoms with Crippen molar-refractivity contribution < 1.29 is 52.6 Å². The Morgan fingerprint density at radius 1 is 0.622 bits per heavy atom. The molecule has 2 aliphatic rings. The molecule has 0 amide bonds. The van der Waals surface area contributed by atoms with E-state index < -0.39 is 57.6 Å². The first-order valence-electron chi connectivity index (χ1n) is 10.2. The zero-order chi connectivity index (χ0) is 26.4. The molecule has 182 valence electrons. The van der Waals surface area contributed by atoms with Gasteiger partial charge in [-0.05, 0) is 42.5 Å². The molecule has 2 aliphatic heterocycles. The van der Waals surface area contributed by atoms with E-state index in [2.05, 4.69) is 9.47 Å². The summed E-state index contributed by atoms with van der Waals surface area (Å²) in [5.74, 6) is -6.33. The van der Waals surface area contributed by atoms with E-state index in [1.165, 1.54) is 24.3 Å². The summed E-state index contributed by atoms with van der Waals surface area (Å²) in [6.45, 7) is 0. The highest BCUT2D eigenvalue weighted by atomic mass is 16.6. The van der Waals surface area contributed by atoms with Crippen molar-refractivity contribution in [2.75, 3.05) is 0 Å². The normalized spacial score (nSPS) is 13.4. The van der Waals surface area contributed by atoms with Crippen LogP contribution in [-0.4, -0.2) is 40.7 Å². The minimum atomic E-state index is -1.21. The van der Waals surface area contributed by atoms with Crippen molar-refractivity contribution in [2.45, 2.75) is 0 Å². The first kappa shape index (κ1) is 23.0. The maximum Gasteiger partial charge on any atom is 0.347 e. The third-order valence-corrected chi connectivity index (χ3v) is 5.31. The average Bonchev–Trinajstić information content (AvgIpc) is 3.31. The van der Waals surface area contributed by atoms with Gasteiger partial charge in [0.15, 0.2) is 0 Å². The van der Waals surface area contributed by atoms with Crippen molar-refractivity contribution in [1.29, 1.82) is 0 Å². The number of rotatable bonds is 5. The Morgan fingerprint density at radius 2 is 1.08 bits per heavy atom. The second-order valence-corrected chi connectivity index (χ2v) is 7.53. The number of nitro groups is 1. The van der Waals surface area contributed by atoms with Crippen LogP contribution in [0.1, 0.15) is 62.1 Å². The number of carbonyl (C=O) groups is 6. The number of carbonyl (C=O) groups excluding carboxylic acids is 6. The standard InChI is InChI=1S/C24H9NO12/c26-19(34-11-2-5-14-17(8-11)23(30)36-20(14)27)13-4-1-10(25(32)33)7-16(13)22(29)35-12-3-6-15-18(9-12)24(31)37-21(15)28/h1-9H. The second kappa shape index (κ2) is 8.49. The van der Waals surface area contributed by atoms with Crippen LogP contribution in [0.3, 0.4) is 0 Å². The van der Waals surface area contributed by atoms with Gasteiger partial charge in [-0.15, -0.1) is 0 Å². The molecular weight excluding hydrogens is 494 g/mol. The maximum absolute atomic E-state index is 12.9. The summed E-state index contributed by atoms with van der Waals surface area (Å²) >= 11 is 0. The van der Waals surface area contributed by atoms with E-state index in [1.807, 2.05) is 0 Å². The van der Waals surface area contributed by atoms with Crippen molar-refractivity contribution in [1.82, 2.24) is 0 Å². The molecule has 0 spiro atoms. The lowest BCUT2D eigenvalue weighted by molar-refractivity contribution is -0.384. The van der Waals surface area contributed by atoms with Crippen LogP contribution >= 0.6 is 0 Å². The van der Waals surface area contributed by atoms with Gasteiger partial charge in [-0.25, -0.2) is 28.8 Å². The van der Waals surface area contributed by atoms with Gasteiger partial charge in [0.25, 0.3) is 5.69 Å². The molecule has 0 aromatic heterocycles. The zero-order valence-electron chi connectivity index (χ0n) is 18.0. The fourth-order valence-electron chi connectivity index (χ4n) is 3.57. The van der Waals surface area contributed by atoms with Crippen LogP contribution in [0, 0.1) is 10.1 Å². The number of benzene rings is 3. The summed E-state index contributed by atoms with van der Waals surface area (Å²) in [5, 5.41) is 11.2. The van der Waals surface area contributed by atoms with Crippen LogP contribution in [0.4, 0.5) is 5.69 Å². The van der Waals surface area contributed by atoms with Crippen LogP contribution in [0.2, 0.25) is 0 Å². The summed E-state index contributed by atoms with van der Waals surface area (Å²) in [7, 11) is 0. The molecule has 13 nitrogen and oxygen atoms in total. The number of ether oxygens (including phenoxy) is 4. The van der Waals surface area contributed by atoms with Crippen LogP contribution in [0.25, 0.3) is 0 Å². The third kappa shape index (κ3) is 4.05. The second-order valence-electron chi connectivity index (χ2n) is 7.53. The fourth-order valence-corrected chi connectivity index (χ4v) is 3.57. The maximum atomic E-state index is 12.9. The Kier molecular flexibility index (Phi) is 5.29. The highest BCUT2D eigenvalue weighted by Crippen LogP contribution is 2.28. The van der Waals surface area contributed by atoms with E-state index >= 15 is 0 Å². The van der Waals surface area contributed by atoms with Gasteiger partial charge in [-0.1, -0.05) is 0 Å². The molecule has 0 saturated carbocycles. The third-order valence-electron chi connectivity index (χ3n) is 5.31. The average molecular weight is 503 g/mol. The molecule has 0 unspecified atom stereocenters. The molecule has 2 heterocycles. The minimum Gasteiger partial charge on any atom is -0.423 e. The van der Waals surface area contributed by atoms with Crippen LogP contribution in [0.15, 0.2) is 54.6 Å². The topological polar surface area (TPSA) is 182 Å². The molecule has 0 fully saturated rings. The van der Waals surface area contributed by atoms with Gasteiger partial charge >= 0.3 is 35.8 Å². The van der Waals surface area contributed by atoms with Gasteiger partial charge in [-0.3, -0.25) is 10.1 Å². The van der Waals surface area contributed by atoms with E-state index in [0.29, 0.717) is 0 Å². The molecule has 0 atom stereocenters. The number of nitro benzene ring substituents is 1. The number of nitrogens with zero attached hydrogens (tertiary/aromatic N) is 1. The molecular formula is C24H9NO12. The molecule has 5 rings (SSSR count). The number of cyclic esters (lactones) is 4. The SMILES string of the molecule is O=C1OC(=O)c2cc(OC(=O)c3ccc([N+](=O)[O-])cc3C(=O)Oc3ccc4c(c3)C(=O)OC4=O)ccc21. The van der Waals surface area contributed by atoms with Gasteiger partial charge in [0.1, 0.15) is 11.5 Å². The van der Waals surface area contributed by atoms with Gasteiger partial charge in [0.05, 0.1) is 38.3 Å². The smallest absolute Gasteiger partial charge is 0.347 e. The van der Waals surface area contributed by atoms with Crippen molar-refractivity contribution in [3.63, 3.8) is 0 Å². The van der Waals surface area contributed by atoms with Gasteiger partial charge in [-0.2, -0.15) is 0 Å². The van der Waals surface area contributed by atoms with E-state index in [4.69, 9.17) is 9.47 Å². The lowest BCUT2D eigenvalue weighted by Gasteiger charge is -2.10. The number of fused-ring (bicyclic) bond motifs is 2. The molecule has 0 aliphatic carbocycles. The Hall–Kier alpha value is -5.72. The highest BCUT2D eigenvalue weighted by Gasteiger charge is 2.32. The quantitative estimate of drug-likeness (QED) is 0.163. The predicted molar refractivity (Wildman–Crippen MR) is 115 cm³/mol. The lowest BCUT2D eigenvalue weighted by atomic mass is 10.1. The van der Waals surface area contributed by atoms with Crippen molar-refractivity contribution in [3.05, 3.63) is 98.1 Å². The highest BCUT2D eigenvalue weighted by molar-refractivity contribution is 6.15. The minimum absolute atomic E-state index is 0.0238. The van der Waals surface area contributed by atoms with Gasteiger partial charge in [0, 0.05) is 12.1 Å². The zero-order valence-corrected chi connectivity index (χ0v) is 18.0. The Morgan fingerprint density at radius 3 is 1.57 bits per heavy atom. The monoisotopic (exact) mass is 503 g/mol. The van der Waals surface area contributed by atoms with Gasteiger partial charge in [0.2, 0.25) is 0 Å². The van der Waals surface area contributed by atoms with E-state index in [9.17, 15) is 38.9 Å². The number of hydrogen-bond acceptors (Lipinski definition) is 12. The summed E-state index contributed by atoms with van der Waals surface area (Å²) in [4.78, 5) is 82.9. The van der Waals surface area contributed by atoms with E-state index in [1.54, 1.807) is 0 Å². The number of esters is 6. The van der Waals surface area contributed by atoms with E-state index in [-0.39, 0.29) is 33.8 Å². The summed E-state index contributed by atoms with van der Waals surface area (Å²) < 4.78 is 19.3. The molecule has 0 saturated heterocycles. The molecule has 37 heavy (non-hydrogen) atoms. The first-order valence-corrected chi connectivity index (χ1v) is 10.2. The molecule has 0 N–H and O–H groups in total. The first-order chi connectivity index (χ1) is 17.6. The summed E-state index contributed by atoms with van der Waals surface area (Å²) in [6, 6.07) is 9.70. The Balaban J connectivity index is 1.45. The fraction of sp³-hybridized carbons (Fsp3) is 0. The van der Waals surface area contributed by atoms with E-state index in [0.717, 1.165) is 30.3 Å². The van der Waals surface area contributed by atoms with Crippen LogP contribution in [-0.2, 0) is 9.47 Å². The summed E-state index contributed by atoms with van der Waals surface area (Å²) in [6.07, 6.45) is 0. The largest absolute Gasteiger partial charge is 0.423 e. The number of non-ortho nitro benzene ring substituents is 1. The Bertz CT molecular complexity index is 1620. The summed E-state index contributed by atoms with van der Waals surface area (Å²) in [5.41, 5.74) is -1.85. The Labute approximate surface area is 204 Å². The van der Waals surface area contributed by atoms with Gasteiger partial charge < -0.3 is 18.9 Å². The molecule has 3 aromatic rings.